The Balaban J connectivity index is 1.59. The first-order valence-corrected chi connectivity index (χ1v) is 7.74. The van der Waals surface area contributed by atoms with Crippen LogP contribution in [0.15, 0.2) is 42.3 Å². The Morgan fingerprint density at radius 1 is 1.40 bits per heavy atom. The minimum atomic E-state index is -1.30. The minimum absolute atomic E-state index is 0.0439. The number of aromatic amines is 1. The summed E-state index contributed by atoms with van der Waals surface area (Å²) in [5, 5.41) is 31.3. The molecule has 1 aromatic heterocycles. The maximum absolute atomic E-state index is 11.8. The molecule has 2 aliphatic heterocycles. The highest BCUT2D eigenvalue weighted by Gasteiger charge is 2.48. The Kier molecular flexibility index (Phi) is 5.00. The summed E-state index contributed by atoms with van der Waals surface area (Å²) in [6.45, 7) is -0.199. The second-order valence-electron chi connectivity index (χ2n) is 5.85. The van der Waals surface area contributed by atoms with Crippen molar-refractivity contribution >= 4 is 11.9 Å². The van der Waals surface area contributed by atoms with E-state index in [2.05, 4.69) is 4.98 Å². The number of aliphatic carboxylic acids is 1. The van der Waals surface area contributed by atoms with Crippen molar-refractivity contribution in [1.82, 2.24) is 4.98 Å². The van der Waals surface area contributed by atoms with Crippen LogP contribution in [0, 0.1) is 0 Å². The molecule has 3 rings (SSSR count). The predicted octanol–water partition coefficient (Wildman–Crippen LogP) is -3.29. The molecule has 0 spiro atoms. The number of hydrogen-bond donors (Lipinski definition) is 4. The van der Waals surface area contributed by atoms with E-state index < -0.39 is 36.5 Å². The van der Waals surface area contributed by atoms with Crippen LogP contribution in [0.1, 0.15) is 10.5 Å². The smallest absolute Gasteiger partial charge is 0.354 e. The largest absolute Gasteiger partial charge is 0.545 e. The zero-order valence-electron chi connectivity index (χ0n) is 13.1. The molecule has 134 valence electrons. The minimum Gasteiger partial charge on any atom is -0.545 e. The van der Waals surface area contributed by atoms with Crippen LogP contribution in [-0.4, -0.2) is 64.8 Å². The number of rotatable bonds is 5. The summed E-state index contributed by atoms with van der Waals surface area (Å²) < 4.78 is 10.7. The van der Waals surface area contributed by atoms with Crippen molar-refractivity contribution in [2.24, 2.45) is 0 Å². The number of nitrogens with one attached hydrogen (secondary N) is 2. The number of carboxylic acids is 1. The first kappa shape index (κ1) is 17.4. The number of aliphatic hydroxyl groups is 2. The van der Waals surface area contributed by atoms with Crippen LogP contribution >= 0.6 is 0 Å². The first-order valence-electron chi connectivity index (χ1n) is 7.74. The lowest BCUT2D eigenvalue weighted by Crippen LogP contribution is -3.13. The van der Waals surface area contributed by atoms with E-state index in [4.69, 9.17) is 9.47 Å². The molecular formula is C16H18N2O7. The molecule has 1 aromatic rings. The molecule has 9 heteroatoms. The van der Waals surface area contributed by atoms with Gasteiger partial charge in [-0.15, -0.1) is 0 Å². The molecule has 9 nitrogen and oxygen atoms in total. The van der Waals surface area contributed by atoms with E-state index in [-0.39, 0.29) is 24.4 Å². The Morgan fingerprint density at radius 3 is 2.88 bits per heavy atom. The molecule has 1 fully saturated rings. The van der Waals surface area contributed by atoms with Gasteiger partial charge in [-0.05, 0) is 24.3 Å². The van der Waals surface area contributed by atoms with E-state index in [0.29, 0.717) is 4.90 Å². The number of H-pyrrole nitrogens is 1. The van der Waals surface area contributed by atoms with Gasteiger partial charge in [-0.1, -0.05) is 0 Å². The summed E-state index contributed by atoms with van der Waals surface area (Å²) in [6, 6.07) is 3.19. The number of ether oxygens (including phenoxy) is 2. The second kappa shape index (κ2) is 7.19. The zero-order chi connectivity index (χ0) is 18.0. The van der Waals surface area contributed by atoms with Gasteiger partial charge in [-0.3, -0.25) is 4.90 Å². The van der Waals surface area contributed by atoms with Gasteiger partial charge in [0.05, 0.1) is 12.2 Å². The molecule has 0 aromatic carbocycles. The number of aromatic nitrogens is 1. The Bertz CT molecular complexity index is 697. The topological polar surface area (TPSA) is 136 Å². The summed E-state index contributed by atoms with van der Waals surface area (Å²) in [5.74, 6) is -1.91. The molecule has 1 saturated heterocycles. The van der Waals surface area contributed by atoms with Crippen molar-refractivity contribution in [3.8, 4) is 0 Å². The van der Waals surface area contributed by atoms with Crippen molar-refractivity contribution in [1.29, 1.82) is 0 Å². The summed E-state index contributed by atoms with van der Waals surface area (Å²) in [6.07, 6.45) is 1.80. The average molecular weight is 350 g/mol. The predicted molar refractivity (Wildman–Crippen MR) is 79.8 cm³/mol. The quantitative estimate of drug-likeness (QED) is 0.409. The molecule has 2 aliphatic rings. The maximum atomic E-state index is 11.8. The zero-order valence-corrected chi connectivity index (χ0v) is 13.1. The molecule has 3 heterocycles. The van der Waals surface area contributed by atoms with Crippen molar-refractivity contribution < 1.29 is 39.3 Å². The number of esters is 1. The molecule has 0 bridgehead atoms. The highest BCUT2D eigenvalue weighted by Crippen LogP contribution is 2.19. The van der Waals surface area contributed by atoms with Gasteiger partial charge >= 0.3 is 5.97 Å². The van der Waals surface area contributed by atoms with Gasteiger partial charge in [-0.2, -0.15) is 0 Å². The van der Waals surface area contributed by atoms with E-state index in [0.717, 1.165) is 0 Å². The van der Waals surface area contributed by atoms with Crippen LogP contribution < -0.4 is 10.0 Å². The van der Waals surface area contributed by atoms with Crippen molar-refractivity contribution in [2.45, 2.75) is 24.5 Å². The van der Waals surface area contributed by atoms with Crippen molar-refractivity contribution in [3.63, 3.8) is 0 Å². The molecule has 5 unspecified atom stereocenters. The third-order valence-electron chi connectivity index (χ3n) is 4.19. The van der Waals surface area contributed by atoms with Crippen LogP contribution in [0.2, 0.25) is 0 Å². The lowest BCUT2D eigenvalue weighted by molar-refractivity contribution is -0.898. The fourth-order valence-corrected chi connectivity index (χ4v) is 2.85. The Labute approximate surface area is 142 Å². The van der Waals surface area contributed by atoms with E-state index in [1.807, 2.05) is 0 Å². The van der Waals surface area contributed by atoms with Gasteiger partial charge in [0.2, 0.25) is 6.23 Å². The number of quaternary nitrogens is 1. The van der Waals surface area contributed by atoms with Crippen molar-refractivity contribution in [2.75, 3.05) is 13.2 Å². The molecule has 0 aliphatic carbocycles. The summed E-state index contributed by atoms with van der Waals surface area (Å²) in [4.78, 5) is 26.0. The lowest BCUT2D eigenvalue weighted by Gasteiger charge is -2.26. The van der Waals surface area contributed by atoms with Crippen LogP contribution in [0.4, 0.5) is 0 Å². The number of allylic oxidation sites excluding steroid dienone is 2. The van der Waals surface area contributed by atoms with Gasteiger partial charge in [0.1, 0.15) is 31.1 Å². The second-order valence-corrected chi connectivity index (χ2v) is 5.85. The third kappa shape index (κ3) is 3.64. The highest BCUT2D eigenvalue weighted by atomic mass is 16.6. The third-order valence-corrected chi connectivity index (χ3v) is 4.19. The number of carboxylic acid groups (broad SMARTS) is 1. The van der Waals surface area contributed by atoms with Gasteiger partial charge in [0.25, 0.3) is 0 Å². The van der Waals surface area contributed by atoms with Crippen LogP contribution in [0.5, 0.6) is 0 Å². The van der Waals surface area contributed by atoms with E-state index in [1.54, 1.807) is 24.5 Å². The van der Waals surface area contributed by atoms with E-state index in [9.17, 15) is 24.9 Å². The summed E-state index contributed by atoms with van der Waals surface area (Å²) >= 11 is 0. The molecule has 0 radical (unpaired) electrons. The monoisotopic (exact) mass is 350 g/mol. The standard InChI is InChI=1S/C16H18N2O7/c19-12-11(8-24-16(23)10-4-1-5-17-10)25-14(13(12)20)18-6-2-3-9(7-18)15(21)22/h1-6,11-14,17,19-20H,7-8H2,(H,21,22). The molecular weight excluding hydrogens is 332 g/mol. The molecule has 0 amide bonds. The Morgan fingerprint density at radius 2 is 2.20 bits per heavy atom. The van der Waals surface area contributed by atoms with Crippen LogP contribution in [0.25, 0.3) is 0 Å². The van der Waals surface area contributed by atoms with Crippen molar-refractivity contribution in [3.05, 3.63) is 47.9 Å². The normalized spacial score (nSPS) is 31.6. The number of aliphatic hydroxyl groups excluding tert-OH is 2. The fraction of sp³-hybridized carbons (Fsp3) is 0.375. The summed E-state index contributed by atoms with van der Waals surface area (Å²) in [7, 11) is 0. The van der Waals surface area contributed by atoms with E-state index in [1.165, 1.54) is 12.2 Å². The van der Waals surface area contributed by atoms with Gasteiger partial charge in [-0.25, -0.2) is 4.79 Å². The van der Waals surface area contributed by atoms with Gasteiger partial charge in [0.15, 0.2) is 6.10 Å². The number of carbonyl (C=O) groups excluding carboxylic acids is 2. The molecule has 25 heavy (non-hydrogen) atoms. The molecule has 0 saturated carbocycles. The van der Waals surface area contributed by atoms with Gasteiger partial charge in [0, 0.05) is 11.8 Å². The van der Waals surface area contributed by atoms with Crippen LogP contribution in [-0.2, 0) is 14.3 Å². The first-order chi connectivity index (χ1) is 12.0. The molecule has 5 atom stereocenters. The fourth-order valence-electron chi connectivity index (χ4n) is 2.85. The SMILES string of the molecule is O=C([O-])C1=CC=C[NH+](C2OC(COC(=O)c3ccc[nH]3)C(O)C2O)C1. The Hall–Kier alpha value is -2.46. The number of carbonyl (C=O) groups is 2. The lowest BCUT2D eigenvalue weighted by atomic mass is 10.1. The number of hydrogen-bond acceptors (Lipinski definition) is 7. The molecule has 4 N–H and O–H groups in total. The highest BCUT2D eigenvalue weighted by molar-refractivity contribution is 5.87. The average Bonchev–Trinajstić information content (AvgIpc) is 3.23. The van der Waals surface area contributed by atoms with Gasteiger partial charge < -0.3 is 34.6 Å². The summed E-state index contributed by atoms with van der Waals surface area (Å²) in [5.41, 5.74) is 0.322. The van der Waals surface area contributed by atoms with Crippen LogP contribution in [0.3, 0.4) is 0 Å². The maximum Gasteiger partial charge on any atom is 0.354 e. The van der Waals surface area contributed by atoms with E-state index >= 15 is 0 Å².